The van der Waals surface area contributed by atoms with E-state index in [0.717, 1.165) is 18.2 Å². The molecule has 0 amide bonds. The Hall–Kier alpha value is -0.830. The van der Waals surface area contributed by atoms with E-state index in [-0.39, 0.29) is 0 Å². The van der Waals surface area contributed by atoms with Gasteiger partial charge in [-0.05, 0) is 30.6 Å². The Morgan fingerprint density at radius 3 is 2.94 bits per heavy atom. The smallest absolute Gasteiger partial charge is 0.150 e. The van der Waals surface area contributed by atoms with Crippen molar-refractivity contribution in [3.05, 3.63) is 18.0 Å². The van der Waals surface area contributed by atoms with Crippen LogP contribution in [0.1, 0.15) is 45.8 Å². The molecule has 1 aliphatic carbocycles. The molecule has 0 bridgehead atoms. The Morgan fingerprint density at radius 1 is 1.50 bits per heavy atom. The lowest BCUT2D eigenvalue weighted by Gasteiger charge is -2.39. The molecule has 1 N–H and O–H groups in total. The van der Waals surface area contributed by atoms with Gasteiger partial charge >= 0.3 is 0 Å². The Morgan fingerprint density at radius 2 is 2.31 bits per heavy atom. The number of aromatic nitrogens is 1. The summed E-state index contributed by atoms with van der Waals surface area (Å²) in [5.41, 5.74) is 0.469. The molecule has 2 atom stereocenters. The van der Waals surface area contributed by atoms with Crippen molar-refractivity contribution in [2.45, 2.75) is 52.6 Å². The monoisotopic (exact) mass is 222 g/mol. The fraction of sp³-hybridized carbons (Fsp3) is 0.769. The molecule has 0 saturated heterocycles. The highest BCUT2D eigenvalue weighted by molar-refractivity contribution is 4.94. The van der Waals surface area contributed by atoms with Crippen molar-refractivity contribution in [2.24, 2.45) is 11.3 Å². The van der Waals surface area contributed by atoms with Gasteiger partial charge in [-0.3, -0.25) is 0 Å². The molecule has 0 spiro atoms. The third-order valence-corrected chi connectivity index (χ3v) is 3.44. The second-order valence-corrected chi connectivity index (χ2v) is 5.97. The molecule has 1 saturated carbocycles. The minimum absolute atomic E-state index is 0.469. The zero-order valence-corrected chi connectivity index (χ0v) is 10.5. The molecule has 3 heteroatoms. The van der Waals surface area contributed by atoms with Crippen molar-refractivity contribution in [3.8, 4) is 0 Å². The normalized spacial score (nSPS) is 29.2. The largest absolute Gasteiger partial charge is 0.360 e. The average molecular weight is 222 g/mol. The molecule has 1 heterocycles. The molecule has 2 rings (SSSR count). The summed E-state index contributed by atoms with van der Waals surface area (Å²) in [4.78, 5) is 0. The minimum atomic E-state index is 0.469. The van der Waals surface area contributed by atoms with Gasteiger partial charge in [-0.1, -0.05) is 25.9 Å². The van der Waals surface area contributed by atoms with Crippen molar-refractivity contribution in [1.29, 1.82) is 0 Å². The van der Waals surface area contributed by atoms with Gasteiger partial charge in [-0.2, -0.15) is 0 Å². The number of hydrogen-bond donors (Lipinski definition) is 1. The first-order chi connectivity index (χ1) is 7.55. The van der Waals surface area contributed by atoms with Gasteiger partial charge < -0.3 is 9.84 Å². The highest BCUT2D eigenvalue weighted by Gasteiger charge is 2.31. The molecule has 90 valence electrons. The second-order valence-electron chi connectivity index (χ2n) is 5.97. The number of nitrogens with zero attached hydrogens (tertiary/aromatic N) is 1. The Kier molecular flexibility index (Phi) is 3.33. The summed E-state index contributed by atoms with van der Waals surface area (Å²) in [7, 11) is 0. The molecule has 1 aromatic rings. The van der Waals surface area contributed by atoms with Crippen LogP contribution in [0.2, 0.25) is 0 Å². The van der Waals surface area contributed by atoms with Gasteiger partial charge in [-0.15, -0.1) is 0 Å². The van der Waals surface area contributed by atoms with Crippen LogP contribution in [-0.2, 0) is 6.54 Å². The SMILES string of the molecule is CC1CC(NCc2ccno2)CC(C)(C)C1. The van der Waals surface area contributed by atoms with Crippen molar-refractivity contribution in [2.75, 3.05) is 0 Å². The molecule has 1 aliphatic rings. The predicted molar refractivity (Wildman–Crippen MR) is 63.9 cm³/mol. The van der Waals surface area contributed by atoms with E-state index in [1.54, 1.807) is 6.20 Å². The van der Waals surface area contributed by atoms with E-state index < -0.39 is 0 Å². The predicted octanol–water partition coefficient (Wildman–Crippen LogP) is 2.98. The van der Waals surface area contributed by atoms with Gasteiger partial charge in [0.05, 0.1) is 12.7 Å². The van der Waals surface area contributed by atoms with E-state index >= 15 is 0 Å². The summed E-state index contributed by atoms with van der Waals surface area (Å²) < 4.78 is 5.09. The van der Waals surface area contributed by atoms with Gasteiger partial charge in [0.1, 0.15) is 5.76 Å². The maximum absolute atomic E-state index is 5.09. The number of rotatable bonds is 3. The van der Waals surface area contributed by atoms with Crippen LogP contribution in [0.3, 0.4) is 0 Å². The molecule has 1 aromatic heterocycles. The molecule has 0 aromatic carbocycles. The molecule has 3 nitrogen and oxygen atoms in total. The standard InChI is InChI=1S/C13H22N2O/c1-10-6-11(8-13(2,3)7-10)14-9-12-4-5-15-16-12/h4-5,10-11,14H,6-9H2,1-3H3. The quantitative estimate of drug-likeness (QED) is 0.854. The van der Waals surface area contributed by atoms with Gasteiger partial charge in [0.2, 0.25) is 0 Å². The zero-order valence-electron chi connectivity index (χ0n) is 10.5. The van der Waals surface area contributed by atoms with Gasteiger partial charge in [0, 0.05) is 12.1 Å². The van der Waals surface area contributed by atoms with Crippen molar-refractivity contribution in [1.82, 2.24) is 10.5 Å². The molecule has 0 radical (unpaired) electrons. The van der Waals surface area contributed by atoms with Crippen molar-refractivity contribution >= 4 is 0 Å². The maximum atomic E-state index is 5.09. The fourth-order valence-electron chi connectivity index (χ4n) is 3.08. The highest BCUT2D eigenvalue weighted by Crippen LogP contribution is 2.38. The fourth-order valence-corrected chi connectivity index (χ4v) is 3.08. The van der Waals surface area contributed by atoms with Gasteiger partial charge in [-0.25, -0.2) is 0 Å². The zero-order chi connectivity index (χ0) is 11.6. The number of hydrogen-bond acceptors (Lipinski definition) is 3. The summed E-state index contributed by atoms with van der Waals surface area (Å²) >= 11 is 0. The molecule has 0 aliphatic heterocycles. The second kappa shape index (κ2) is 4.58. The van der Waals surface area contributed by atoms with Crippen LogP contribution in [0.5, 0.6) is 0 Å². The lowest BCUT2D eigenvalue weighted by Crippen LogP contribution is -2.39. The van der Waals surface area contributed by atoms with Gasteiger partial charge in [0.15, 0.2) is 0 Å². The highest BCUT2D eigenvalue weighted by atomic mass is 16.5. The van der Waals surface area contributed by atoms with E-state index in [1.807, 2.05) is 6.07 Å². The van der Waals surface area contributed by atoms with Crippen LogP contribution in [0, 0.1) is 11.3 Å². The lowest BCUT2D eigenvalue weighted by atomic mass is 9.70. The lowest BCUT2D eigenvalue weighted by molar-refractivity contribution is 0.149. The first kappa shape index (κ1) is 11.6. The third kappa shape index (κ3) is 3.08. The third-order valence-electron chi connectivity index (χ3n) is 3.44. The van der Waals surface area contributed by atoms with E-state index in [0.29, 0.717) is 11.5 Å². The van der Waals surface area contributed by atoms with Crippen LogP contribution in [0.15, 0.2) is 16.8 Å². The van der Waals surface area contributed by atoms with E-state index in [1.165, 1.54) is 19.3 Å². The van der Waals surface area contributed by atoms with Crippen LogP contribution < -0.4 is 5.32 Å². The molecule has 16 heavy (non-hydrogen) atoms. The molecule has 2 unspecified atom stereocenters. The first-order valence-electron chi connectivity index (χ1n) is 6.18. The molecular formula is C13H22N2O. The Balaban J connectivity index is 1.85. The number of nitrogens with one attached hydrogen (secondary N) is 1. The summed E-state index contributed by atoms with van der Waals surface area (Å²) in [5, 5.41) is 7.29. The van der Waals surface area contributed by atoms with E-state index in [2.05, 4.69) is 31.2 Å². The molecule has 1 fully saturated rings. The Bertz CT molecular complexity index is 319. The van der Waals surface area contributed by atoms with E-state index in [4.69, 9.17) is 4.52 Å². The minimum Gasteiger partial charge on any atom is -0.360 e. The van der Waals surface area contributed by atoms with Crippen molar-refractivity contribution in [3.63, 3.8) is 0 Å². The topological polar surface area (TPSA) is 38.1 Å². The Labute approximate surface area is 97.6 Å². The van der Waals surface area contributed by atoms with Crippen molar-refractivity contribution < 1.29 is 4.52 Å². The van der Waals surface area contributed by atoms with Crippen LogP contribution in [0.25, 0.3) is 0 Å². The summed E-state index contributed by atoms with van der Waals surface area (Å²) in [6, 6.07) is 2.54. The van der Waals surface area contributed by atoms with Crippen LogP contribution >= 0.6 is 0 Å². The summed E-state index contributed by atoms with van der Waals surface area (Å²) in [6.07, 6.45) is 5.57. The molecular weight excluding hydrogens is 200 g/mol. The van der Waals surface area contributed by atoms with Crippen LogP contribution in [-0.4, -0.2) is 11.2 Å². The van der Waals surface area contributed by atoms with Crippen LogP contribution in [0.4, 0.5) is 0 Å². The average Bonchev–Trinajstić information content (AvgIpc) is 2.63. The summed E-state index contributed by atoms with van der Waals surface area (Å²) in [5.74, 6) is 1.74. The maximum Gasteiger partial charge on any atom is 0.150 e. The van der Waals surface area contributed by atoms with Gasteiger partial charge in [0.25, 0.3) is 0 Å². The summed E-state index contributed by atoms with van der Waals surface area (Å²) in [6.45, 7) is 7.88. The van der Waals surface area contributed by atoms with E-state index in [9.17, 15) is 0 Å². The first-order valence-corrected chi connectivity index (χ1v) is 6.18.